The third kappa shape index (κ3) is 6.05. The molecule has 0 bridgehead atoms. The van der Waals surface area contributed by atoms with E-state index in [1.165, 1.54) is 6.33 Å². The summed E-state index contributed by atoms with van der Waals surface area (Å²) in [6.45, 7) is 8.89. The minimum atomic E-state index is 0.703. The van der Waals surface area contributed by atoms with Gasteiger partial charge in [0.2, 0.25) is 11.4 Å². The van der Waals surface area contributed by atoms with E-state index in [-0.39, 0.29) is 0 Å². The summed E-state index contributed by atoms with van der Waals surface area (Å²) in [5.41, 5.74) is 5.66. The molecule has 2 aromatic carbocycles. The van der Waals surface area contributed by atoms with E-state index in [0.29, 0.717) is 5.75 Å². The second-order valence-corrected chi connectivity index (χ2v) is 9.67. The van der Waals surface area contributed by atoms with Gasteiger partial charge in [-0.15, -0.1) is 0 Å². The van der Waals surface area contributed by atoms with Gasteiger partial charge in [-0.05, 0) is 55.7 Å². The smallest absolute Gasteiger partial charge is 0.248 e. The molecule has 0 saturated carbocycles. The van der Waals surface area contributed by atoms with Gasteiger partial charge in [0.1, 0.15) is 23.7 Å². The summed E-state index contributed by atoms with van der Waals surface area (Å²) in [7, 11) is 1.72. The summed E-state index contributed by atoms with van der Waals surface area (Å²) in [5, 5.41) is 11.1. The lowest BCUT2D eigenvalue weighted by Gasteiger charge is -2.19. The third-order valence-electron chi connectivity index (χ3n) is 6.76. The number of hydrogen-bond donors (Lipinski definition) is 2. The highest BCUT2D eigenvalue weighted by molar-refractivity contribution is 6.12. The predicted molar refractivity (Wildman–Crippen MR) is 160 cm³/mol. The molecule has 2 aromatic heterocycles. The summed E-state index contributed by atoms with van der Waals surface area (Å²) in [5.74, 6) is 2.99. The molecule has 0 aliphatic carbocycles. The Kier molecular flexibility index (Phi) is 8.51. The molecule has 2 N–H and O–H groups in total. The van der Waals surface area contributed by atoms with E-state index in [2.05, 4.69) is 69.6 Å². The predicted octanol–water partition coefficient (Wildman–Crippen LogP) is 5.64. The number of unbranched alkanes of at least 4 members (excludes halogenated alkanes) is 1. The zero-order valence-corrected chi connectivity index (χ0v) is 23.5. The topological polar surface area (TPSA) is 88.1 Å². The minimum absolute atomic E-state index is 0.703. The minimum Gasteiger partial charge on any atom is -0.490 e. The molecule has 0 amide bonds. The highest BCUT2D eigenvalue weighted by Crippen LogP contribution is 2.35. The molecular weight excluding hydrogens is 502 g/mol. The van der Waals surface area contributed by atoms with Crippen molar-refractivity contribution >= 4 is 29.1 Å². The fraction of sp³-hybridized carbons (Fsp3) is 0.290. The number of nitrogens with one attached hydrogen (secondary N) is 2. The molecule has 0 unspecified atom stereocenters. The number of rotatable bonds is 9. The van der Waals surface area contributed by atoms with Crippen LogP contribution in [0.3, 0.4) is 0 Å². The van der Waals surface area contributed by atoms with Crippen LogP contribution in [0, 0.1) is 13.8 Å². The third-order valence-corrected chi connectivity index (χ3v) is 6.76. The SMILES string of the molecule is CCC/C=C/N=C(Nc1ccc(Oc2ccn3ncnc3c2)c(C)c1)c1c(C)ccc([N+]2=CCNCC2)c1OC. The van der Waals surface area contributed by atoms with E-state index < -0.39 is 0 Å². The normalized spacial score (nSPS) is 14.0. The number of fused-ring (bicyclic) bond motifs is 1. The maximum atomic E-state index is 6.18. The second-order valence-electron chi connectivity index (χ2n) is 9.67. The molecule has 0 radical (unpaired) electrons. The highest BCUT2D eigenvalue weighted by atomic mass is 16.5. The number of anilines is 1. The van der Waals surface area contributed by atoms with Crippen LogP contribution in [0.5, 0.6) is 17.2 Å². The van der Waals surface area contributed by atoms with Crippen LogP contribution in [0.2, 0.25) is 0 Å². The number of hydrogen-bond acceptors (Lipinski definition) is 6. The summed E-state index contributed by atoms with van der Waals surface area (Å²) < 4.78 is 16.2. The van der Waals surface area contributed by atoms with Gasteiger partial charge in [-0.3, -0.25) is 0 Å². The molecule has 9 nitrogen and oxygen atoms in total. The van der Waals surface area contributed by atoms with E-state index in [0.717, 1.165) is 83.5 Å². The van der Waals surface area contributed by atoms with E-state index in [1.54, 1.807) is 11.6 Å². The van der Waals surface area contributed by atoms with E-state index in [1.807, 2.05) is 43.6 Å². The maximum Gasteiger partial charge on any atom is 0.248 e. The van der Waals surface area contributed by atoms with Crippen LogP contribution in [-0.2, 0) is 0 Å². The Bertz CT molecular complexity index is 1590. The van der Waals surface area contributed by atoms with Gasteiger partial charge < -0.3 is 20.1 Å². The van der Waals surface area contributed by atoms with Crippen molar-refractivity contribution in [3.8, 4) is 17.2 Å². The molecule has 9 heteroatoms. The van der Waals surface area contributed by atoms with Crippen molar-refractivity contribution in [2.24, 2.45) is 4.99 Å². The van der Waals surface area contributed by atoms with E-state index in [4.69, 9.17) is 14.5 Å². The zero-order valence-electron chi connectivity index (χ0n) is 23.5. The average Bonchev–Trinajstić information content (AvgIpc) is 3.44. The van der Waals surface area contributed by atoms with Crippen molar-refractivity contribution < 1.29 is 14.0 Å². The molecule has 40 heavy (non-hydrogen) atoms. The van der Waals surface area contributed by atoms with Gasteiger partial charge in [-0.1, -0.05) is 25.5 Å². The molecule has 0 atom stereocenters. The first kappa shape index (κ1) is 27.1. The van der Waals surface area contributed by atoms with Gasteiger partial charge >= 0.3 is 0 Å². The zero-order chi connectivity index (χ0) is 27.9. The molecule has 0 spiro atoms. The Labute approximate surface area is 234 Å². The number of pyridine rings is 1. The Hall–Kier alpha value is -4.50. The Balaban J connectivity index is 1.47. The number of methoxy groups -OCH3 is 1. The quantitative estimate of drug-likeness (QED) is 0.163. The number of aliphatic imine (C=N–C) groups is 1. The van der Waals surface area contributed by atoms with Crippen molar-refractivity contribution in [2.75, 3.05) is 32.1 Å². The molecule has 4 aromatic rings. The summed E-state index contributed by atoms with van der Waals surface area (Å²) in [4.78, 5) is 9.12. The Morgan fingerprint density at radius 3 is 2.85 bits per heavy atom. The molecule has 206 valence electrons. The number of nitrogens with zero attached hydrogens (tertiary/aromatic N) is 5. The van der Waals surface area contributed by atoms with Crippen LogP contribution in [-0.4, -0.2) is 58.0 Å². The monoisotopic (exact) mass is 538 g/mol. The lowest BCUT2D eigenvalue weighted by atomic mass is 10.0. The summed E-state index contributed by atoms with van der Waals surface area (Å²) >= 11 is 0. The van der Waals surface area contributed by atoms with Gasteiger partial charge in [-0.25, -0.2) is 14.5 Å². The van der Waals surface area contributed by atoms with Crippen molar-refractivity contribution in [3.05, 3.63) is 84.0 Å². The first-order chi connectivity index (χ1) is 19.6. The van der Waals surface area contributed by atoms with Crippen molar-refractivity contribution in [1.82, 2.24) is 19.9 Å². The number of amidine groups is 1. The number of aromatic nitrogens is 3. The first-order valence-electron chi connectivity index (χ1n) is 13.6. The number of ether oxygens (including phenoxy) is 2. The van der Waals surface area contributed by atoms with Crippen molar-refractivity contribution in [3.63, 3.8) is 0 Å². The Morgan fingerprint density at radius 2 is 2.08 bits per heavy atom. The van der Waals surface area contributed by atoms with Gasteiger partial charge in [0.25, 0.3) is 0 Å². The van der Waals surface area contributed by atoms with Crippen LogP contribution in [0.4, 0.5) is 11.4 Å². The van der Waals surface area contributed by atoms with Crippen LogP contribution < -0.4 is 20.1 Å². The molecule has 0 saturated heterocycles. The van der Waals surface area contributed by atoms with E-state index >= 15 is 0 Å². The highest BCUT2D eigenvalue weighted by Gasteiger charge is 2.25. The number of aryl methyl sites for hydroxylation is 2. The average molecular weight is 539 g/mol. The van der Waals surface area contributed by atoms with Gasteiger partial charge in [0, 0.05) is 30.2 Å². The molecule has 3 heterocycles. The van der Waals surface area contributed by atoms with Crippen molar-refractivity contribution in [2.45, 2.75) is 33.6 Å². The summed E-state index contributed by atoms with van der Waals surface area (Å²) in [6, 6.07) is 14.0. The Morgan fingerprint density at radius 1 is 1.18 bits per heavy atom. The number of allylic oxidation sites excluding steroid dienone is 1. The van der Waals surface area contributed by atoms with Gasteiger partial charge in [0.05, 0.1) is 25.8 Å². The molecule has 0 fully saturated rings. The van der Waals surface area contributed by atoms with Gasteiger partial charge in [0.15, 0.2) is 18.4 Å². The van der Waals surface area contributed by atoms with E-state index in [9.17, 15) is 0 Å². The molecular formula is C31H36N7O2+. The van der Waals surface area contributed by atoms with Crippen LogP contribution in [0.1, 0.15) is 36.5 Å². The maximum absolute atomic E-state index is 6.18. The fourth-order valence-corrected chi connectivity index (χ4v) is 4.68. The second kappa shape index (κ2) is 12.6. The standard InChI is InChI=1S/C31H36N7O2/c1-5-6-7-13-33-31(29-22(2)8-10-26(30(29)39-4)37-17-14-32-15-18-37)36-24-9-11-27(23(3)19-24)40-25-12-16-38-28(20-25)34-21-35-38/h7-13,16-17,19-21,32H,5-6,14-15,18H2,1-4H3,(H,33,36)/q+1/b13-7+. The van der Waals surface area contributed by atoms with Crippen molar-refractivity contribution in [1.29, 1.82) is 0 Å². The summed E-state index contributed by atoms with van der Waals surface area (Å²) in [6.07, 6.45) is 11.5. The largest absolute Gasteiger partial charge is 0.490 e. The van der Waals surface area contributed by atoms with Gasteiger partial charge in [-0.2, -0.15) is 9.67 Å². The fourth-order valence-electron chi connectivity index (χ4n) is 4.68. The number of benzene rings is 2. The lowest BCUT2D eigenvalue weighted by Crippen LogP contribution is -2.33. The molecule has 1 aliphatic rings. The van der Waals surface area contributed by atoms with Crippen LogP contribution in [0.25, 0.3) is 5.65 Å². The molecule has 5 rings (SSSR count). The van der Waals surface area contributed by atoms with Crippen LogP contribution >= 0.6 is 0 Å². The first-order valence-corrected chi connectivity index (χ1v) is 13.6. The van der Waals surface area contributed by atoms with Crippen LogP contribution in [0.15, 0.2) is 72.3 Å². The molecule has 1 aliphatic heterocycles. The lowest BCUT2D eigenvalue weighted by molar-refractivity contribution is -0.439.